The fraction of sp³-hybridized carbons (Fsp3) is 0.174. The molecule has 0 saturated heterocycles. The molecule has 0 aliphatic carbocycles. The van der Waals surface area contributed by atoms with Gasteiger partial charge in [-0.2, -0.15) is 0 Å². The van der Waals surface area contributed by atoms with Crippen molar-refractivity contribution in [3.63, 3.8) is 0 Å². The number of pyridine rings is 1. The molecule has 0 radical (unpaired) electrons. The number of aromatic nitrogens is 2. The number of carbonyl (C=O) groups is 1. The predicted molar refractivity (Wildman–Crippen MR) is 124 cm³/mol. The zero-order valence-corrected chi connectivity index (χ0v) is 18.4. The van der Waals surface area contributed by atoms with Crippen LogP contribution in [0.25, 0.3) is 10.2 Å². The van der Waals surface area contributed by atoms with Gasteiger partial charge in [0.15, 0.2) is 5.13 Å². The molecule has 1 amide bonds. The van der Waals surface area contributed by atoms with Crippen LogP contribution in [0.3, 0.4) is 0 Å². The molecule has 0 aliphatic heterocycles. The highest BCUT2D eigenvalue weighted by atomic mass is 32.2. The summed E-state index contributed by atoms with van der Waals surface area (Å²) in [7, 11) is 1.63. The van der Waals surface area contributed by atoms with E-state index in [9.17, 15) is 4.79 Å². The van der Waals surface area contributed by atoms with Crippen LogP contribution in [0.4, 0.5) is 5.13 Å². The van der Waals surface area contributed by atoms with Gasteiger partial charge in [0.05, 0.1) is 24.0 Å². The molecule has 30 heavy (non-hydrogen) atoms. The highest BCUT2D eigenvalue weighted by molar-refractivity contribution is 7.99. The molecule has 0 fully saturated rings. The van der Waals surface area contributed by atoms with Gasteiger partial charge in [0.1, 0.15) is 11.3 Å². The van der Waals surface area contributed by atoms with Gasteiger partial charge in [0.2, 0.25) is 0 Å². The molecule has 5 nitrogen and oxygen atoms in total. The number of ether oxygens (including phenoxy) is 1. The SMILES string of the molecule is CCSc1ccc(C(=O)N(Cc2ccccn2)c2nc3c(OC)cccc3s2)cc1. The van der Waals surface area contributed by atoms with E-state index < -0.39 is 0 Å². The van der Waals surface area contributed by atoms with Gasteiger partial charge in [0, 0.05) is 16.7 Å². The molecule has 0 atom stereocenters. The first-order chi connectivity index (χ1) is 14.7. The third-order valence-corrected chi connectivity index (χ3v) is 6.46. The normalized spacial score (nSPS) is 10.9. The average Bonchev–Trinajstić information content (AvgIpc) is 3.22. The van der Waals surface area contributed by atoms with Crippen molar-refractivity contribution in [2.75, 3.05) is 17.8 Å². The first kappa shape index (κ1) is 20.4. The Kier molecular flexibility index (Phi) is 6.30. The third kappa shape index (κ3) is 4.32. The van der Waals surface area contributed by atoms with E-state index >= 15 is 0 Å². The number of methoxy groups -OCH3 is 1. The lowest BCUT2D eigenvalue weighted by atomic mass is 10.2. The molecule has 2 aromatic heterocycles. The summed E-state index contributed by atoms with van der Waals surface area (Å²) in [5, 5.41) is 0.622. The number of fused-ring (bicyclic) bond motifs is 1. The molecule has 7 heteroatoms. The summed E-state index contributed by atoms with van der Waals surface area (Å²) in [5.41, 5.74) is 2.18. The second-order valence-electron chi connectivity index (χ2n) is 6.47. The molecule has 4 rings (SSSR count). The summed E-state index contributed by atoms with van der Waals surface area (Å²) in [4.78, 5) is 25.5. The maximum atomic E-state index is 13.5. The number of para-hydroxylation sites is 1. The van der Waals surface area contributed by atoms with Gasteiger partial charge in [0.25, 0.3) is 5.91 Å². The van der Waals surface area contributed by atoms with Gasteiger partial charge >= 0.3 is 0 Å². The second-order valence-corrected chi connectivity index (χ2v) is 8.82. The molecular weight excluding hydrogens is 414 g/mol. The van der Waals surface area contributed by atoms with Crippen molar-refractivity contribution < 1.29 is 9.53 Å². The Hall–Kier alpha value is -2.90. The minimum absolute atomic E-state index is 0.105. The summed E-state index contributed by atoms with van der Waals surface area (Å²) < 4.78 is 6.42. The number of thioether (sulfide) groups is 1. The average molecular weight is 436 g/mol. The number of hydrogen-bond acceptors (Lipinski definition) is 6. The van der Waals surface area contributed by atoms with Gasteiger partial charge in [-0.3, -0.25) is 14.7 Å². The van der Waals surface area contributed by atoms with E-state index in [0.717, 1.165) is 26.6 Å². The van der Waals surface area contributed by atoms with Crippen molar-refractivity contribution in [2.45, 2.75) is 18.4 Å². The Labute approximate surface area is 183 Å². The molecule has 0 aliphatic rings. The van der Waals surface area contributed by atoms with Crippen LogP contribution in [0.5, 0.6) is 5.75 Å². The van der Waals surface area contributed by atoms with Gasteiger partial charge in [-0.1, -0.05) is 30.4 Å². The van der Waals surface area contributed by atoms with E-state index in [1.165, 1.54) is 11.3 Å². The maximum absolute atomic E-state index is 13.5. The lowest BCUT2D eigenvalue weighted by Gasteiger charge is -2.19. The maximum Gasteiger partial charge on any atom is 0.260 e. The number of rotatable bonds is 7. The van der Waals surface area contributed by atoms with Crippen molar-refractivity contribution in [3.05, 3.63) is 78.1 Å². The van der Waals surface area contributed by atoms with Gasteiger partial charge in [-0.15, -0.1) is 11.8 Å². The summed E-state index contributed by atoms with van der Waals surface area (Å²) in [5.74, 6) is 1.58. The molecule has 0 unspecified atom stereocenters. The number of nitrogens with zero attached hydrogens (tertiary/aromatic N) is 3. The van der Waals surface area contributed by atoms with Crippen LogP contribution in [0, 0.1) is 0 Å². The molecule has 2 aromatic carbocycles. The van der Waals surface area contributed by atoms with E-state index in [-0.39, 0.29) is 5.91 Å². The smallest absolute Gasteiger partial charge is 0.260 e. The Balaban J connectivity index is 1.73. The Morgan fingerprint density at radius 3 is 2.63 bits per heavy atom. The Morgan fingerprint density at radius 2 is 1.93 bits per heavy atom. The Morgan fingerprint density at radius 1 is 1.10 bits per heavy atom. The number of thiazole rings is 1. The van der Waals surface area contributed by atoms with Crippen LogP contribution in [-0.4, -0.2) is 28.7 Å². The zero-order valence-electron chi connectivity index (χ0n) is 16.7. The van der Waals surface area contributed by atoms with Crippen LogP contribution in [0.15, 0.2) is 71.8 Å². The number of hydrogen-bond donors (Lipinski definition) is 0. The van der Waals surface area contributed by atoms with E-state index in [4.69, 9.17) is 9.72 Å². The van der Waals surface area contributed by atoms with E-state index in [1.807, 2.05) is 60.7 Å². The van der Waals surface area contributed by atoms with Crippen molar-refractivity contribution in [2.24, 2.45) is 0 Å². The summed E-state index contributed by atoms with van der Waals surface area (Å²) in [6, 6.07) is 19.2. The highest BCUT2D eigenvalue weighted by Crippen LogP contribution is 2.35. The molecule has 2 heterocycles. The lowest BCUT2D eigenvalue weighted by Crippen LogP contribution is -2.30. The first-order valence-corrected chi connectivity index (χ1v) is 11.4. The van der Waals surface area contributed by atoms with E-state index in [1.54, 1.807) is 30.0 Å². The van der Waals surface area contributed by atoms with E-state index in [2.05, 4.69) is 11.9 Å². The van der Waals surface area contributed by atoms with Crippen LogP contribution < -0.4 is 9.64 Å². The van der Waals surface area contributed by atoms with Gasteiger partial charge in [-0.25, -0.2) is 4.98 Å². The molecule has 0 saturated carbocycles. The number of anilines is 1. The molecule has 4 aromatic rings. The molecule has 0 N–H and O–H groups in total. The minimum Gasteiger partial charge on any atom is -0.494 e. The summed E-state index contributed by atoms with van der Waals surface area (Å²) >= 11 is 3.22. The largest absolute Gasteiger partial charge is 0.494 e. The number of carbonyl (C=O) groups excluding carboxylic acids is 1. The van der Waals surface area contributed by atoms with Gasteiger partial charge in [-0.05, 0) is 54.3 Å². The van der Waals surface area contributed by atoms with Crippen molar-refractivity contribution in [1.29, 1.82) is 0 Å². The highest BCUT2D eigenvalue weighted by Gasteiger charge is 2.23. The quantitative estimate of drug-likeness (QED) is 0.351. The second kappa shape index (κ2) is 9.28. The standard InChI is InChI=1S/C23H21N3O2S2/c1-3-29-18-12-10-16(11-13-18)22(27)26(15-17-7-4-5-14-24-17)23-25-21-19(28-2)8-6-9-20(21)30-23/h4-14H,3,15H2,1-2H3. The zero-order chi connectivity index (χ0) is 20.9. The van der Waals surface area contributed by atoms with Crippen LogP contribution >= 0.6 is 23.1 Å². The van der Waals surface area contributed by atoms with Crippen LogP contribution in [0.2, 0.25) is 0 Å². The molecule has 0 bridgehead atoms. The first-order valence-electron chi connectivity index (χ1n) is 9.57. The Bertz CT molecular complexity index is 1140. The fourth-order valence-electron chi connectivity index (χ4n) is 3.09. The van der Waals surface area contributed by atoms with Crippen molar-refractivity contribution in [3.8, 4) is 5.75 Å². The van der Waals surface area contributed by atoms with E-state index in [0.29, 0.717) is 23.0 Å². The summed E-state index contributed by atoms with van der Waals surface area (Å²) in [6.07, 6.45) is 1.73. The van der Waals surface area contributed by atoms with Crippen LogP contribution in [-0.2, 0) is 6.54 Å². The fourth-order valence-corrected chi connectivity index (χ4v) is 4.73. The topological polar surface area (TPSA) is 55.3 Å². The lowest BCUT2D eigenvalue weighted by molar-refractivity contribution is 0.0984. The number of benzene rings is 2. The monoisotopic (exact) mass is 435 g/mol. The predicted octanol–water partition coefficient (Wildman–Crippen LogP) is 5.66. The van der Waals surface area contributed by atoms with Gasteiger partial charge < -0.3 is 4.74 Å². The minimum atomic E-state index is -0.105. The van der Waals surface area contributed by atoms with Crippen molar-refractivity contribution in [1.82, 2.24) is 9.97 Å². The third-order valence-electron chi connectivity index (χ3n) is 4.53. The number of amides is 1. The molecule has 152 valence electrons. The van der Waals surface area contributed by atoms with Crippen molar-refractivity contribution >= 4 is 44.4 Å². The molecule has 0 spiro atoms. The summed E-state index contributed by atoms with van der Waals surface area (Å²) in [6.45, 7) is 2.45. The van der Waals surface area contributed by atoms with Crippen LogP contribution in [0.1, 0.15) is 23.0 Å². The molecular formula is C23H21N3O2S2.